The summed E-state index contributed by atoms with van der Waals surface area (Å²) in [7, 11) is 0. The number of carbonyl (C=O) groups excluding carboxylic acids is 1. The minimum atomic E-state index is -1.63. The van der Waals surface area contributed by atoms with Crippen molar-refractivity contribution in [2.45, 2.75) is 38.3 Å². The first kappa shape index (κ1) is 13.9. The van der Waals surface area contributed by atoms with Gasteiger partial charge in [-0.3, -0.25) is 10.5 Å². The van der Waals surface area contributed by atoms with Crippen LogP contribution in [0.15, 0.2) is 24.3 Å². The molecule has 4 heteroatoms. The summed E-state index contributed by atoms with van der Waals surface area (Å²) in [4.78, 5) is 11.7. The predicted octanol–water partition coefficient (Wildman–Crippen LogP) is 1.50. The molecule has 0 aromatic carbocycles. The van der Waals surface area contributed by atoms with Crippen molar-refractivity contribution >= 4 is 5.97 Å². The van der Waals surface area contributed by atoms with E-state index in [4.69, 9.17) is 10.5 Å². The average molecular weight is 239 g/mol. The zero-order valence-electron chi connectivity index (χ0n) is 10.3. The topological polar surface area (TPSA) is 72.5 Å². The Bertz CT molecular complexity index is 308. The van der Waals surface area contributed by atoms with Crippen LogP contribution < -0.4 is 5.73 Å². The number of rotatable bonds is 6. The van der Waals surface area contributed by atoms with Gasteiger partial charge in [-0.15, -0.1) is 0 Å². The fraction of sp³-hybridized carbons (Fsp3) is 0.615. The maximum atomic E-state index is 11.7. The minimum Gasteiger partial charge on any atom is -0.465 e. The maximum absolute atomic E-state index is 11.7. The van der Waals surface area contributed by atoms with Gasteiger partial charge in [0.25, 0.3) is 0 Å². The predicted molar refractivity (Wildman–Crippen MR) is 66.0 cm³/mol. The summed E-state index contributed by atoms with van der Waals surface area (Å²) in [5.74, 6) is -1.27. The van der Waals surface area contributed by atoms with Gasteiger partial charge in [0.1, 0.15) is 11.6 Å². The van der Waals surface area contributed by atoms with Crippen molar-refractivity contribution in [3.8, 4) is 0 Å². The van der Waals surface area contributed by atoms with Gasteiger partial charge in [-0.25, -0.2) is 0 Å². The molecule has 0 radical (unpaired) electrons. The summed E-state index contributed by atoms with van der Waals surface area (Å²) in [6.07, 6.45) is 10.5. The Balaban J connectivity index is 2.32. The molecule has 2 unspecified atom stereocenters. The van der Waals surface area contributed by atoms with E-state index in [0.717, 1.165) is 25.7 Å². The van der Waals surface area contributed by atoms with E-state index in [1.54, 1.807) is 18.2 Å². The molecule has 96 valence electrons. The van der Waals surface area contributed by atoms with E-state index in [1.807, 2.05) is 0 Å². The minimum absolute atomic E-state index is 0.392. The van der Waals surface area contributed by atoms with Gasteiger partial charge in [0, 0.05) is 0 Å². The summed E-state index contributed by atoms with van der Waals surface area (Å²) in [6, 6.07) is 0. The Hall–Kier alpha value is -1.13. The molecule has 0 aromatic rings. The Kier molecular flexibility index (Phi) is 5.38. The Morgan fingerprint density at radius 1 is 1.41 bits per heavy atom. The molecule has 2 atom stereocenters. The van der Waals surface area contributed by atoms with Crippen LogP contribution in [0.25, 0.3) is 0 Å². The lowest BCUT2D eigenvalue weighted by molar-refractivity contribution is -0.153. The van der Waals surface area contributed by atoms with Gasteiger partial charge in [-0.05, 0) is 12.5 Å². The fourth-order valence-corrected chi connectivity index (χ4v) is 1.70. The van der Waals surface area contributed by atoms with Crippen LogP contribution in [-0.4, -0.2) is 23.4 Å². The first-order valence-corrected chi connectivity index (χ1v) is 6.12. The summed E-state index contributed by atoms with van der Waals surface area (Å²) in [6.45, 7) is 2.52. The van der Waals surface area contributed by atoms with Crippen LogP contribution in [0.4, 0.5) is 0 Å². The molecular weight excluding hydrogens is 218 g/mol. The monoisotopic (exact) mass is 239 g/mol. The highest BCUT2D eigenvalue weighted by Crippen LogP contribution is 2.20. The van der Waals surface area contributed by atoms with Crippen LogP contribution in [0.1, 0.15) is 32.6 Å². The van der Waals surface area contributed by atoms with E-state index in [-0.39, 0.29) is 0 Å². The number of esters is 1. The molecule has 1 aliphatic carbocycles. The summed E-state index contributed by atoms with van der Waals surface area (Å²) < 4.78 is 5.10. The van der Waals surface area contributed by atoms with Gasteiger partial charge in [0.15, 0.2) is 0 Å². The number of carbonyl (C=O) groups is 1. The average Bonchev–Trinajstić information content (AvgIpc) is 2.28. The smallest absolute Gasteiger partial charge is 0.317 e. The highest BCUT2D eigenvalue weighted by atomic mass is 16.5. The third-order valence-corrected chi connectivity index (χ3v) is 2.77. The molecule has 0 spiro atoms. The standard InChI is InChI=1S/C13H21NO3/c1-2-3-4-7-10-17-12(15)11-8-5-6-9-13(11,14)16/h5-6,8-9,11,16H,2-4,7,10,14H2,1H3. The molecule has 0 amide bonds. The van der Waals surface area contributed by atoms with E-state index in [1.165, 1.54) is 6.08 Å². The van der Waals surface area contributed by atoms with Crippen LogP contribution in [-0.2, 0) is 9.53 Å². The van der Waals surface area contributed by atoms with E-state index >= 15 is 0 Å². The number of hydrogen-bond donors (Lipinski definition) is 2. The van der Waals surface area contributed by atoms with Crippen molar-refractivity contribution in [1.82, 2.24) is 0 Å². The second-order valence-corrected chi connectivity index (χ2v) is 4.34. The lowest BCUT2D eigenvalue weighted by Gasteiger charge is -2.27. The number of nitrogens with two attached hydrogens (primary N) is 1. The molecule has 0 saturated carbocycles. The van der Waals surface area contributed by atoms with Gasteiger partial charge in [-0.1, -0.05) is 44.4 Å². The van der Waals surface area contributed by atoms with Crippen LogP contribution in [0.3, 0.4) is 0 Å². The summed E-state index contributed by atoms with van der Waals surface area (Å²) in [5.41, 5.74) is 3.96. The molecule has 1 aliphatic rings. The highest BCUT2D eigenvalue weighted by molar-refractivity contribution is 5.76. The van der Waals surface area contributed by atoms with Gasteiger partial charge < -0.3 is 9.84 Å². The van der Waals surface area contributed by atoms with Gasteiger partial charge in [0.2, 0.25) is 0 Å². The van der Waals surface area contributed by atoms with Crippen LogP contribution in [0, 0.1) is 5.92 Å². The van der Waals surface area contributed by atoms with Gasteiger partial charge in [-0.2, -0.15) is 0 Å². The highest BCUT2D eigenvalue weighted by Gasteiger charge is 2.36. The molecule has 0 heterocycles. The molecule has 0 fully saturated rings. The van der Waals surface area contributed by atoms with Crippen LogP contribution in [0.2, 0.25) is 0 Å². The molecule has 17 heavy (non-hydrogen) atoms. The molecule has 1 rings (SSSR count). The molecule has 3 N–H and O–H groups in total. The Labute approximate surface area is 102 Å². The summed E-state index contributed by atoms with van der Waals surface area (Å²) >= 11 is 0. The number of allylic oxidation sites excluding steroid dienone is 2. The van der Waals surface area contributed by atoms with Gasteiger partial charge in [0.05, 0.1) is 6.61 Å². The fourth-order valence-electron chi connectivity index (χ4n) is 1.70. The Morgan fingerprint density at radius 3 is 2.82 bits per heavy atom. The first-order chi connectivity index (χ1) is 8.08. The Morgan fingerprint density at radius 2 is 2.18 bits per heavy atom. The number of hydrogen-bond acceptors (Lipinski definition) is 4. The normalized spacial score (nSPS) is 27.1. The maximum Gasteiger partial charge on any atom is 0.317 e. The first-order valence-electron chi connectivity index (χ1n) is 6.12. The second-order valence-electron chi connectivity index (χ2n) is 4.34. The molecule has 0 saturated heterocycles. The zero-order chi connectivity index (χ0) is 12.7. The van der Waals surface area contributed by atoms with Crippen molar-refractivity contribution < 1.29 is 14.6 Å². The third-order valence-electron chi connectivity index (χ3n) is 2.77. The van der Waals surface area contributed by atoms with Crippen molar-refractivity contribution in [3.63, 3.8) is 0 Å². The van der Waals surface area contributed by atoms with E-state index < -0.39 is 17.6 Å². The largest absolute Gasteiger partial charge is 0.465 e. The van der Waals surface area contributed by atoms with Crippen molar-refractivity contribution in [3.05, 3.63) is 24.3 Å². The van der Waals surface area contributed by atoms with Crippen LogP contribution in [0.5, 0.6) is 0 Å². The number of ether oxygens (including phenoxy) is 1. The number of aliphatic hydroxyl groups is 1. The quantitative estimate of drug-likeness (QED) is 0.418. The van der Waals surface area contributed by atoms with E-state index in [9.17, 15) is 9.90 Å². The molecule has 0 bridgehead atoms. The zero-order valence-corrected chi connectivity index (χ0v) is 10.3. The summed E-state index contributed by atoms with van der Waals surface area (Å²) in [5, 5.41) is 9.78. The molecule has 0 aromatic heterocycles. The van der Waals surface area contributed by atoms with Gasteiger partial charge >= 0.3 is 5.97 Å². The molecule has 0 aliphatic heterocycles. The lowest BCUT2D eigenvalue weighted by atomic mass is 9.92. The third kappa shape index (κ3) is 4.32. The number of unbranched alkanes of at least 4 members (excludes halogenated alkanes) is 3. The SMILES string of the molecule is CCCCCCOC(=O)C1C=CC=CC1(N)O. The van der Waals surface area contributed by atoms with E-state index in [2.05, 4.69) is 6.92 Å². The van der Waals surface area contributed by atoms with E-state index in [0.29, 0.717) is 6.61 Å². The van der Waals surface area contributed by atoms with Crippen molar-refractivity contribution in [2.24, 2.45) is 11.7 Å². The second kappa shape index (κ2) is 6.57. The lowest BCUT2D eigenvalue weighted by Crippen LogP contribution is -2.49. The van der Waals surface area contributed by atoms with Crippen molar-refractivity contribution in [1.29, 1.82) is 0 Å². The molecular formula is C13H21NO3. The van der Waals surface area contributed by atoms with Crippen molar-refractivity contribution in [2.75, 3.05) is 6.61 Å². The van der Waals surface area contributed by atoms with Crippen LogP contribution >= 0.6 is 0 Å². The molecule has 4 nitrogen and oxygen atoms in total.